The summed E-state index contributed by atoms with van der Waals surface area (Å²) in [5, 5.41) is 0.959. The highest BCUT2D eigenvalue weighted by molar-refractivity contribution is 7.18. The van der Waals surface area contributed by atoms with Gasteiger partial charge in [0, 0.05) is 11.5 Å². The Morgan fingerprint density at radius 1 is 1.39 bits per heavy atom. The van der Waals surface area contributed by atoms with E-state index in [1.807, 2.05) is 6.07 Å². The van der Waals surface area contributed by atoms with Crippen molar-refractivity contribution in [3.63, 3.8) is 0 Å². The maximum Gasteiger partial charge on any atom is 0.163 e. The van der Waals surface area contributed by atoms with E-state index in [4.69, 9.17) is 10.5 Å². The van der Waals surface area contributed by atoms with Crippen molar-refractivity contribution in [3.05, 3.63) is 16.8 Å². The number of nitrogens with zero attached hydrogens (tertiary/aromatic N) is 2. The van der Waals surface area contributed by atoms with E-state index < -0.39 is 0 Å². The fraction of sp³-hybridized carbons (Fsp3) is 0.538. The Morgan fingerprint density at radius 2 is 2.22 bits per heavy atom. The van der Waals surface area contributed by atoms with Crippen LogP contribution in [-0.4, -0.2) is 16.6 Å². The van der Waals surface area contributed by atoms with E-state index >= 15 is 0 Å². The van der Waals surface area contributed by atoms with E-state index in [9.17, 15) is 0 Å². The molecule has 0 saturated carbocycles. The van der Waals surface area contributed by atoms with Crippen LogP contribution in [0.2, 0.25) is 0 Å². The summed E-state index contributed by atoms with van der Waals surface area (Å²) in [6, 6.07) is 2.04. The molecule has 0 bridgehead atoms. The highest BCUT2D eigenvalue weighted by atomic mass is 32.1. The second-order valence-electron chi connectivity index (χ2n) is 5.04. The molecule has 0 radical (unpaired) electrons. The Kier molecular flexibility index (Phi) is 2.75. The number of aryl methyl sites for hydroxylation is 1. The van der Waals surface area contributed by atoms with Crippen molar-refractivity contribution < 1.29 is 4.74 Å². The van der Waals surface area contributed by atoms with Gasteiger partial charge < -0.3 is 10.5 Å². The quantitative estimate of drug-likeness (QED) is 0.859. The first-order valence-corrected chi connectivity index (χ1v) is 7.08. The smallest absolute Gasteiger partial charge is 0.163 e. The molecule has 1 fully saturated rings. The van der Waals surface area contributed by atoms with E-state index in [2.05, 4.69) is 23.8 Å². The van der Waals surface area contributed by atoms with Gasteiger partial charge >= 0.3 is 0 Å². The van der Waals surface area contributed by atoms with Crippen LogP contribution in [0.3, 0.4) is 0 Å². The molecule has 5 heteroatoms. The van der Waals surface area contributed by atoms with E-state index in [1.165, 1.54) is 4.88 Å². The Hall–Kier alpha value is -1.20. The minimum absolute atomic E-state index is 0.377. The zero-order valence-electron chi connectivity index (χ0n) is 10.7. The lowest BCUT2D eigenvalue weighted by molar-refractivity contribution is -0.0757. The van der Waals surface area contributed by atoms with Crippen LogP contribution in [-0.2, 0) is 10.3 Å². The molecule has 1 aliphatic rings. The average molecular weight is 263 g/mol. The third-order valence-corrected chi connectivity index (χ3v) is 4.43. The van der Waals surface area contributed by atoms with Crippen molar-refractivity contribution in [1.82, 2.24) is 9.97 Å². The highest BCUT2D eigenvalue weighted by Gasteiger charge is 2.33. The monoisotopic (exact) mass is 263 g/mol. The minimum Gasteiger partial charge on any atom is -0.383 e. The van der Waals surface area contributed by atoms with E-state index in [1.54, 1.807) is 11.3 Å². The fourth-order valence-electron chi connectivity index (χ4n) is 2.41. The highest BCUT2D eigenvalue weighted by Crippen LogP contribution is 2.35. The van der Waals surface area contributed by atoms with E-state index in [-0.39, 0.29) is 5.60 Å². The van der Waals surface area contributed by atoms with Crippen LogP contribution in [0.15, 0.2) is 6.07 Å². The summed E-state index contributed by atoms with van der Waals surface area (Å²) in [6.45, 7) is 4.90. The molecule has 0 aromatic carbocycles. The number of thiophene rings is 1. The van der Waals surface area contributed by atoms with Gasteiger partial charge in [-0.1, -0.05) is 0 Å². The van der Waals surface area contributed by atoms with Crippen LogP contribution in [0.1, 0.15) is 36.9 Å². The summed E-state index contributed by atoms with van der Waals surface area (Å²) in [7, 11) is 0. The molecular formula is C13H17N3OS. The van der Waals surface area contributed by atoms with Crippen LogP contribution in [0.5, 0.6) is 0 Å². The predicted molar refractivity (Wildman–Crippen MR) is 73.7 cm³/mol. The Labute approximate surface area is 110 Å². The summed E-state index contributed by atoms with van der Waals surface area (Å²) >= 11 is 1.66. The molecule has 3 rings (SSSR count). The van der Waals surface area contributed by atoms with Gasteiger partial charge in [0.1, 0.15) is 16.2 Å². The van der Waals surface area contributed by atoms with Gasteiger partial charge in [0.15, 0.2) is 5.82 Å². The van der Waals surface area contributed by atoms with E-state index in [0.29, 0.717) is 5.82 Å². The van der Waals surface area contributed by atoms with Gasteiger partial charge in [0.05, 0.1) is 5.39 Å². The minimum atomic E-state index is -0.377. The number of nitrogens with two attached hydrogens (primary N) is 1. The normalized spacial score (nSPS) is 24.6. The van der Waals surface area contributed by atoms with Gasteiger partial charge in [-0.05, 0) is 39.2 Å². The lowest BCUT2D eigenvalue weighted by atomic mass is 9.95. The van der Waals surface area contributed by atoms with Crippen LogP contribution in [0, 0.1) is 6.92 Å². The standard InChI is InChI=1S/C13H17N3OS/c1-8-7-9-10(14)15-12(16-11(9)18-8)13(2)5-3-4-6-17-13/h7H,3-6H2,1-2H3,(H2,14,15,16). The molecule has 1 saturated heterocycles. The van der Waals surface area contributed by atoms with Crippen LogP contribution in [0.4, 0.5) is 5.82 Å². The number of fused-ring (bicyclic) bond motifs is 1. The van der Waals surface area contributed by atoms with Gasteiger partial charge in [-0.25, -0.2) is 9.97 Å². The second-order valence-corrected chi connectivity index (χ2v) is 6.28. The molecule has 0 spiro atoms. The molecular weight excluding hydrogens is 246 g/mol. The fourth-order valence-corrected chi connectivity index (χ4v) is 3.30. The Balaban J connectivity index is 2.11. The molecule has 96 valence electrons. The molecule has 2 aromatic rings. The Bertz CT molecular complexity index is 587. The van der Waals surface area contributed by atoms with Crippen LogP contribution >= 0.6 is 11.3 Å². The lowest BCUT2D eigenvalue weighted by Crippen LogP contribution is -2.32. The van der Waals surface area contributed by atoms with Crippen molar-refractivity contribution in [1.29, 1.82) is 0 Å². The summed E-state index contributed by atoms with van der Waals surface area (Å²) in [6.07, 6.45) is 3.23. The Morgan fingerprint density at radius 3 is 2.94 bits per heavy atom. The molecule has 1 aliphatic heterocycles. The molecule has 0 aliphatic carbocycles. The summed E-state index contributed by atoms with van der Waals surface area (Å²) in [4.78, 5) is 11.3. The number of aromatic nitrogens is 2. The second kappa shape index (κ2) is 4.17. The summed E-state index contributed by atoms with van der Waals surface area (Å²) in [5.74, 6) is 1.30. The van der Waals surface area contributed by atoms with Crippen molar-refractivity contribution in [3.8, 4) is 0 Å². The van der Waals surface area contributed by atoms with Crippen molar-refractivity contribution in [2.45, 2.75) is 38.7 Å². The van der Waals surface area contributed by atoms with Crippen LogP contribution < -0.4 is 5.73 Å². The van der Waals surface area contributed by atoms with Gasteiger partial charge in [-0.2, -0.15) is 0 Å². The van der Waals surface area contributed by atoms with Gasteiger partial charge in [-0.3, -0.25) is 0 Å². The predicted octanol–water partition coefficient (Wildman–Crippen LogP) is 3.00. The van der Waals surface area contributed by atoms with Crippen molar-refractivity contribution in [2.75, 3.05) is 12.3 Å². The molecule has 3 heterocycles. The first-order valence-electron chi connectivity index (χ1n) is 6.27. The summed E-state index contributed by atoms with van der Waals surface area (Å²) < 4.78 is 5.89. The van der Waals surface area contributed by atoms with Crippen molar-refractivity contribution in [2.24, 2.45) is 0 Å². The maximum atomic E-state index is 6.04. The first-order chi connectivity index (χ1) is 8.58. The lowest BCUT2D eigenvalue weighted by Gasteiger charge is -2.32. The molecule has 0 amide bonds. The number of rotatable bonds is 1. The largest absolute Gasteiger partial charge is 0.383 e. The zero-order valence-corrected chi connectivity index (χ0v) is 11.5. The molecule has 2 aromatic heterocycles. The van der Waals surface area contributed by atoms with Gasteiger partial charge in [-0.15, -0.1) is 11.3 Å². The maximum absolute atomic E-state index is 6.04. The van der Waals surface area contributed by atoms with Gasteiger partial charge in [0.2, 0.25) is 0 Å². The molecule has 2 N–H and O–H groups in total. The number of anilines is 1. The zero-order chi connectivity index (χ0) is 12.8. The average Bonchev–Trinajstić information content (AvgIpc) is 2.71. The number of ether oxygens (including phenoxy) is 1. The summed E-state index contributed by atoms with van der Waals surface area (Å²) in [5.41, 5.74) is 5.66. The number of nitrogen functional groups attached to an aromatic ring is 1. The number of hydrogen-bond donors (Lipinski definition) is 1. The molecule has 18 heavy (non-hydrogen) atoms. The third-order valence-electron chi connectivity index (χ3n) is 3.49. The van der Waals surface area contributed by atoms with Gasteiger partial charge in [0.25, 0.3) is 0 Å². The van der Waals surface area contributed by atoms with Crippen LogP contribution in [0.25, 0.3) is 10.2 Å². The molecule has 1 unspecified atom stereocenters. The SMILES string of the molecule is Cc1cc2c(N)nc(C3(C)CCCCO3)nc2s1. The first kappa shape index (κ1) is 11.9. The number of hydrogen-bond acceptors (Lipinski definition) is 5. The van der Waals surface area contributed by atoms with E-state index in [0.717, 1.165) is 41.9 Å². The topological polar surface area (TPSA) is 61.0 Å². The molecule has 1 atom stereocenters. The molecule has 4 nitrogen and oxygen atoms in total. The third kappa shape index (κ3) is 1.87. The van der Waals surface area contributed by atoms with Crippen molar-refractivity contribution >= 4 is 27.4 Å².